The zero-order chi connectivity index (χ0) is 27.4. The number of fused-ring (bicyclic) bond motifs is 3. The third-order valence-electron chi connectivity index (χ3n) is 6.58. The van der Waals surface area contributed by atoms with Gasteiger partial charge in [-0.25, -0.2) is 9.37 Å². The maximum absolute atomic E-state index is 13.9. The average Bonchev–Trinajstić information content (AvgIpc) is 3.05. The number of aliphatic hydroxyl groups excluding tert-OH is 2. The second-order valence-corrected chi connectivity index (χ2v) is 9.76. The first-order valence-electron chi connectivity index (χ1n) is 12.7. The van der Waals surface area contributed by atoms with Crippen LogP contribution in [0.2, 0.25) is 0 Å². The summed E-state index contributed by atoms with van der Waals surface area (Å²) >= 11 is 0. The zero-order valence-electron chi connectivity index (χ0n) is 21.7. The fraction of sp³-hybridized carbons (Fsp3) is 0.379. The largest absolute Gasteiger partial charge is 0.481 e. The molecular formula is C29H32FN3O5. The second kappa shape index (κ2) is 11.8. The van der Waals surface area contributed by atoms with Gasteiger partial charge in [-0.15, -0.1) is 0 Å². The van der Waals surface area contributed by atoms with Gasteiger partial charge in [0.15, 0.2) is 0 Å². The highest BCUT2D eigenvalue weighted by Crippen LogP contribution is 2.41. The molecule has 4 rings (SSSR count). The lowest BCUT2D eigenvalue weighted by Crippen LogP contribution is -2.19. The highest BCUT2D eigenvalue weighted by Gasteiger charge is 2.26. The van der Waals surface area contributed by atoms with E-state index in [1.54, 1.807) is 30.5 Å². The van der Waals surface area contributed by atoms with Gasteiger partial charge in [0.2, 0.25) is 0 Å². The molecule has 0 saturated heterocycles. The SMILES string of the molecule is COc1ncc2c(n1)CCCc1c-2nc(C(C)C)c(C=C[C@@H](O)C[C@@H](O)CC(=O)O)c1-c1ccc(F)cc1. The molecule has 0 unspecified atom stereocenters. The Bertz CT molecular complexity index is 1340. The van der Waals surface area contributed by atoms with Gasteiger partial charge in [0.25, 0.3) is 0 Å². The summed E-state index contributed by atoms with van der Waals surface area (Å²) in [7, 11) is 1.53. The topological polar surface area (TPSA) is 126 Å². The molecule has 38 heavy (non-hydrogen) atoms. The number of halogens is 1. The molecule has 0 amide bonds. The first kappa shape index (κ1) is 27.3. The smallest absolute Gasteiger partial charge is 0.316 e. The van der Waals surface area contributed by atoms with Crippen molar-refractivity contribution in [2.75, 3.05) is 7.11 Å². The van der Waals surface area contributed by atoms with Gasteiger partial charge in [0.1, 0.15) is 5.82 Å². The van der Waals surface area contributed by atoms with Gasteiger partial charge in [-0.05, 0) is 54.0 Å². The van der Waals surface area contributed by atoms with Gasteiger partial charge in [-0.3, -0.25) is 9.78 Å². The standard InChI is InChI=1S/C29H32FN3O5/c1-16(2)27-22(12-11-19(34)13-20(35)14-25(36)37)26(17-7-9-18(30)10-8-17)21-5-4-6-24-23(28(21)33-27)15-31-29(32-24)38-3/h7-12,15-16,19-20,34-35H,4-6,13-14H2,1-3H3,(H,36,37)/t19-,20-/m1/s1. The Labute approximate surface area is 220 Å². The van der Waals surface area contributed by atoms with E-state index in [2.05, 4.69) is 9.97 Å². The van der Waals surface area contributed by atoms with Gasteiger partial charge >= 0.3 is 12.0 Å². The fourth-order valence-corrected chi connectivity index (χ4v) is 4.85. The van der Waals surface area contributed by atoms with Crippen molar-refractivity contribution in [2.24, 2.45) is 0 Å². The molecule has 2 atom stereocenters. The predicted octanol–water partition coefficient (Wildman–Crippen LogP) is 4.57. The number of pyridine rings is 1. The van der Waals surface area contributed by atoms with Crippen LogP contribution in [0.25, 0.3) is 28.5 Å². The minimum atomic E-state index is -1.17. The number of hydrogen-bond donors (Lipinski definition) is 3. The van der Waals surface area contributed by atoms with E-state index < -0.39 is 24.6 Å². The van der Waals surface area contributed by atoms with E-state index in [-0.39, 0.29) is 18.2 Å². The maximum Gasteiger partial charge on any atom is 0.316 e. The van der Waals surface area contributed by atoms with E-state index in [4.69, 9.17) is 14.8 Å². The molecule has 3 aromatic rings. The normalized spacial score (nSPS) is 14.6. The van der Waals surface area contributed by atoms with Crippen LogP contribution in [0, 0.1) is 5.82 Å². The van der Waals surface area contributed by atoms with Gasteiger partial charge in [0, 0.05) is 23.7 Å². The summed E-state index contributed by atoms with van der Waals surface area (Å²) in [5, 5.41) is 29.4. The summed E-state index contributed by atoms with van der Waals surface area (Å²) < 4.78 is 19.1. The van der Waals surface area contributed by atoms with Crippen molar-refractivity contribution in [3.8, 4) is 28.4 Å². The Morgan fingerprint density at radius 2 is 1.89 bits per heavy atom. The molecule has 8 nitrogen and oxygen atoms in total. The van der Waals surface area contributed by atoms with E-state index in [0.29, 0.717) is 12.4 Å². The van der Waals surface area contributed by atoms with Gasteiger partial charge < -0.3 is 20.1 Å². The van der Waals surface area contributed by atoms with Crippen molar-refractivity contribution in [1.29, 1.82) is 0 Å². The third kappa shape index (κ3) is 6.06. The maximum atomic E-state index is 13.9. The van der Waals surface area contributed by atoms with Gasteiger partial charge in [-0.1, -0.05) is 38.1 Å². The molecule has 2 aromatic heterocycles. The number of carbonyl (C=O) groups is 1. The molecule has 1 aliphatic carbocycles. The van der Waals surface area contributed by atoms with Gasteiger partial charge in [-0.2, -0.15) is 4.98 Å². The van der Waals surface area contributed by atoms with Gasteiger partial charge in [0.05, 0.1) is 42.8 Å². The summed E-state index contributed by atoms with van der Waals surface area (Å²) in [6.07, 6.45) is 4.48. The number of methoxy groups -OCH3 is 1. The van der Waals surface area contributed by atoms with Crippen LogP contribution >= 0.6 is 0 Å². The molecule has 0 bridgehead atoms. The van der Waals surface area contributed by atoms with Crippen molar-refractivity contribution >= 4 is 12.0 Å². The summed E-state index contributed by atoms with van der Waals surface area (Å²) in [6, 6.07) is 6.60. The summed E-state index contributed by atoms with van der Waals surface area (Å²) in [5.41, 5.74) is 6.70. The number of ether oxygens (including phenoxy) is 1. The molecule has 200 valence electrons. The van der Waals surface area contributed by atoms with Crippen LogP contribution < -0.4 is 4.74 Å². The Balaban J connectivity index is 1.91. The molecule has 1 aromatic carbocycles. The molecule has 3 N–H and O–H groups in total. The zero-order valence-corrected chi connectivity index (χ0v) is 21.7. The Morgan fingerprint density at radius 1 is 1.16 bits per heavy atom. The minimum Gasteiger partial charge on any atom is -0.481 e. The number of hydrogen-bond acceptors (Lipinski definition) is 7. The number of rotatable bonds is 9. The molecule has 0 spiro atoms. The molecule has 1 aliphatic rings. The molecule has 0 saturated carbocycles. The first-order chi connectivity index (χ1) is 18.2. The van der Waals surface area contributed by atoms with Crippen LogP contribution in [0.15, 0.2) is 36.5 Å². The van der Waals surface area contributed by atoms with Crippen molar-refractivity contribution < 1.29 is 29.2 Å². The summed E-state index contributed by atoms with van der Waals surface area (Å²) in [4.78, 5) is 24.9. The van der Waals surface area contributed by atoms with E-state index >= 15 is 0 Å². The third-order valence-corrected chi connectivity index (χ3v) is 6.58. The van der Waals surface area contributed by atoms with Crippen molar-refractivity contribution in [2.45, 2.75) is 64.1 Å². The number of aliphatic carboxylic acids is 1. The predicted molar refractivity (Wildman–Crippen MR) is 141 cm³/mol. The molecular weight excluding hydrogens is 489 g/mol. The highest BCUT2D eigenvalue weighted by molar-refractivity contribution is 5.85. The number of benzene rings is 1. The Hall–Kier alpha value is -3.69. The number of aryl methyl sites for hydroxylation is 1. The van der Waals surface area contributed by atoms with E-state index in [9.17, 15) is 19.4 Å². The monoisotopic (exact) mass is 521 g/mol. The summed E-state index contributed by atoms with van der Waals surface area (Å²) in [5.74, 6) is -1.48. The van der Waals surface area contributed by atoms with E-state index in [0.717, 1.165) is 57.7 Å². The van der Waals surface area contributed by atoms with E-state index in [1.807, 2.05) is 13.8 Å². The van der Waals surface area contributed by atoms with Crippen LogP contribution in [0.1, 0.15) is 61.5 Å². The van der Waals surface area contributed by atoms with Crippen LogP contribution in [0.5, 0.6) is 6.01 Å². The van der Waals surface area contributed by atoms with Crippen LogP contribution in [0.4, 0.5) is 4.39 Å². The van der Waals surface area contributed by atoms with Crippen molar-refractivity contribution in [3.05, 3.63) is 64.9 Å². The number of carboxylic acid groups (broad SMARTS) is 1. The number of nitrogens with zero attached hydrogens (tertiary/aromatic N) is 3. The number of carboxylic acids is 1. The number of aromatic nitrogens is 3. The van der Waals surface area contributed by atoms with Crippen molar-refractivity contribution in [1.82, 2.24) is 15.0 Å². The molecule has 2 heterocycles. The number of aliphatic hydroxyl groups is 2. The lowest BCUT2D eigenvalue weighted by Gasteiger charge is -2.22. The molecule has 0 aliphatic heterocycles. The summed E-state index contributed by atoms with van der Waals surface area (Å²) in [6.45, 7) is 4.05. The lowest BCUT2D eigenvalue weighted by atomic mass is 9.87. The van der Waals surface area contributed by atoms with E-state index in [1.165, 1.54) is 19.2 Å². The molecule has 9 heteroatoms. The first-order valence-corrected chi connectivity index (χ1v) is 12.7. The highest BCUT2D eigenvalue weighted by atomic mass is 19.1. The van der Waals surface area contributed by atoms with Crippen LogP contribution in [-0.4, -0.2) is 55.6 Å². The Morgan fingerprint density at radius 3 is 2.55 bits per heavy atom. The average molecular weight is 522 g/mol. The van der Waals surface area contributed by atoms with Crippen LogP contribution in [-0.2, 0) is 17.6 Å². The van der Waals surface area contributed by atoms with Crippen molar-refractivity contribution in [3.63, 3.8) is 0 Å². The fourth-order valence-electron chi connectivity index (χ4n) is 4.85. The van der Waals surface area contributed by atoms with Crippen LogP contribution in [0.3, 0.4) is 0 Å². The lowest BCUT2D eigenvalue weighted by molar-refractivity contribution is -0.139. The Kier molecular flexibility index (Phi) is 8.48. The minimum absolute atomic E-state index is 0.000221. The molecule has 0 fully saturated rings. The quantitative estimate of drug-likeness (QED) is 0.374. The molecule has 0 radical (unpaired) electrons. The second-order valence-electron chi connectivity index (χ2n) is 9.76.